The molecule has 0 bridgehead atoms. The largest absolute Gasteiger partial charge is 0.490 e. The summed E-state index contributed by atoms with van der Waals surface area (Å²) in [7, 11) is 0. The van der Waals surface area contributed by atoms with E-state index in [1.807, 2.05) is 13.2 Å². The third-order valence-corrected chi connectivity index (χ3v) is 4.60. The van der Waals surface area contributed by atoms with Gasteiger partial charge in [-0.05, 0) is 61.8 Å². The first kappa shape index (κ1) is 18.1. The van der Waals surface area contributed by atoms with Gasteiger partial charge in [0, 0.05) is 0 Å². The van der Waals surface area contributed by atoms with Crippen molar-refractivity contribution in [3.8, 4) is 5.75 Å². The summed E-state index contributed by atoms with van der Waals surface area (Å²) in [6.45, 7) is 2.39. The monoisotopic (exact) mass is 340 g/mol. The summed E-state index contributed by atoms with van der Waals surface area (Å²) < 4.78 is 19.6. The smallest absolute Gasteiger partial charge is 0.237 e. The standard InChI is InChI=1S/C17H25FN2O2S/c1-11(20-17(21)15(19)7-8-23-2)13-5-6-16(14(18)9-13)22-10-12-3-4-12/h5-6,9,11-12,15H,3-4,7-8,10,19H2,1-2H3,(H,20,21)/t11?,15-/m0/s1. The number of hydrogen-bond acceptors (Lipinski definition) is 4. The average molecular weight is 340 g/mol. The van der Waals surface area contributed by atoms with Crippen molar-refractivity contribution < 1.29 is 13.9 Å². The SMILES string of the molecule is CSCC[C@H](N)C(=O)NC(C)c1ccc(OCC2CC2)c(F)c1. The lowest BCUT2D eigenvalue weighted by atomic mass is 10.1. The van der Waals surface area contributed by atoms with E-state index in [9.17, 15) is 9.18 Å². The molecule has 2 atom stereocenters. The Kier molecular flexibility index (Phi) is 6.72. The van der Waals surface area contributed by atoms with Gasteiger partial charge in [-0.1, -0.05) is 6.07 Å². The highest BCUT2D eigenvalue weighted by Crippen LogP contribution is 2.30. The summed E-state index contributed by atoms with van der Waals surface area (Å²) in [5, 5.41) is 2.83. The summed E-state index contributed by atoms with van der Waals surface area (Å²) in [5.74, 6) is 1.09. The molecule has 1 saturated carbocycles. The molecule has 1 amide bonds. The van der Waals surface area contributed by atoms with E-state index >= 15 is 0 Å². The van der Waals surface area contributed by atoms with E-state index in [0.717, 1.165) is 5.75 Å². The lowest BCUT2D eigenvalue weighted by Gasteiger charge is -2.18. The Labute approximate surface area is 141 Å². The van der Waals surface area contributed by atoms with Crippen LogP contribution in [0.2, 0.25) is 0 Å². The highest BCUT2D eigenvalue weighted by molar-refractivity contribution is 7.98. The number of rotatable bonds is 9. The van der Waals surface area contributed by atoms with Crippen molar-refractivity contribution >= 4 is 17.7 Å². The minimum absolute atomic E-state index is 0.207. The van der Waals surface area contributed by atoms with Gasteiger partial charge in [-0.15, -0.1) is 0 Å². The molecule has 2 rings (SSSR count). The van der Waals surface area contributed by atoms with E-state index in [4.69, 9.17) is 10.5 Å². The fourth-order valence-corrected chi connectivity index (χ4v) is 2.66. The van der Waals surface area contributed by atoms with E-state index < -0.39 is 11.9 Å². The fourth-order valence-electron chi connectivity index (χ4n) is 2.18. The second-order valence-electron chi connectivity index (χ2n) is 6.06. The van der Waals surface area contributed by atoms with E-state index in [0.29, 0.717) is 24.5 Å². The Morgan fingerprint density at radius 3 is 2.87 bits per heavy atom. The normalized spacial score (nSPS) is 16.7. The second-order valence-corrected chi connectivity index (χ2v) is 7.05. The van der Waals surface area contributed by atoms with Gasteiger partial charge in [-0.25, -0.2) is 4.39 Å². The van der Waals surface area contributed by atoms with Crippen LogP contribution < -0.4 is 15.8 Å². The number of ether oxygens (including phenoxy) is 1. The zero-order chi connectivity index (χ0) is 16.8. The van der Waals surface area contributed by atoms with Gasteiger partial charge in [-0.2, -0.15) is 11.8 Å². The molecule has 0 aliphatic heterocycles. The fraction of sp³-hybridized carbons (Fsp3) is 0.588. The van der Waals surface area contributed by atoms with Crippen LogP contribution in [-0.2, 0) is 4.79 Å². The molecule has 1 fully saturated rings. The number of halogens is 1. The van der Waals surface area contributed by atoms with Crippen LogP contribution >= 0.6 is 11.8 Å². The zero-order valence-corrected chi connectivity index (χ0v) is 14.5. The lowest BCUT2D eigenvalue weighted by molar-refractivity contribution is -0.123. The Morgan fingerprint density at radius 2 is 2.26 bits per heavy atom. The topological polar surface area (TPSA) is 64.4 Å². The van der Waals surface area contributed by atoms with Crippen molar-refractivity contribution in [3.63, 3.8) is 0 Å². The molecule has 1 aliphatic carbocycles. The Morgan fingerprint density at radius 1 is 1.52 bits per heavy atom. The minimum atomic E-state index is -0.532. The number of hydrogen-bond donors (Lipinski definition) is 2. The van der Waals surface area contributed by atoms with Gasteiger partial charge in [0.25, 0.3) is 0 Å². The molecule has 1 unspecified atom stereocenters. The molecule has 3 N–H and O–H groups in total. The van der Waals surface area contributed by atoms with Crippen LogP contribution in [0.1, 0.15) is 37.8 Å². The van der Waals surface area contributed by atoms with Gasteiger partial charge in [0.1, 0.15) is 0 Å². The average Bonchev–Trinajstić information content (AvgIpc) is 3.35. The van der Waals surface area contributed by atoms with Crippen LogP contribution in [0.3, 0.4) is 0 Å². The van der Waals surface area contributed by atoms with Gasteiger partial charge < -0.3 is 15.8 Å². The Bertz CT molecular complexity index is 537. The molecule has 0 spiro atoms. The third kappa shape index (κ3) is 5.70. The zero-order valence-electron chi connectivity index (χ0n) is 13.7. The number of nitrogens with one attached hydrogen (secondary N) is 1. The third-order valence-electron chi connectivity index (χ3n) is 3.96. The Balaban J connectivity index is 1.89. The molecular formula is C17H25FN2O2S. The van der Waals surface area contributed by atoms with Crippen molar-refractivity contribution in [1.82, 2.24) is 5.32 Å². The molecule has 0 heterocycles. The van der Waals surface area contributed by atoms with Crippen molar-refractivity contribution in [3.05, 3.63) is 29.6 Å². The maximum atomic E-state index is 14.1. The molecule has 1 aliphatic rings. The highest BCUT2D eigenvalue weighted by Gasteiger charge is 2.23. The number of amides is 1. The van der Waals surface area contributed by atoms with Gasteiger partial charge in [-0.3, -0.25) is 4.79 Å². The van der Waals surface area contributed by atoms with Crippen molar-refractivity contribution in [1.29, 1.82) is 0 Å². The maximum Gasteiger partial charge on any atom is 0.237 e. The summed E-state index contributed by atoms with van der Waals surface area (Å²) >= 11 is 1.65. The molecule has 1 aromatic rings. The summed E-state index contributed by atoms with van der Waals surface area (Å²) in [6.07, 6.45) is 4.93. The van der Waals surface area contributed by atoms with Crippen molar-refractivity contribution in [2.45, 2.75) is 38.3 Å². The predicted molar refractivity (Wildman–Crippen MR) is 92.2 cm³/mol. The minimum Gasteiger partial charge on any atom is -0.490 e. The second kappa shape index (κ2) is 8.55. The molecule has 0 saturated heterocycles. The first-order valence-corrected chi connectivity index (χ1v) is 9.37. The van der Waals surface area contributed by atoms with Crippen LogP contribution in [0.15, 0.2) is 18.2 Å². The molecule has 23 heavy (non-hydrogen) atoms. The van der Waals surface area contributed by atoms with Crippen LogP contribution in [-0.4, -0.2) is 30.6 Å². The van der Waals surface area contributed by atoms with Gasteiger partial charge in [0.2, 0.25) is 5.91 Å². The Hall–Kier alpha value is -1.27. The summed E-state index contributed by atoms with van der Waals surface area (Å²) in [6, 6.07) is 4.00. The first-order valence-electron chi connectivity index (χ1n) is 7.98. The van der Waals surface area contributed by atoms with Crippen molar-refractivity contribution in [2.24, 2.45) is 11.7 Å². The van der Waals surface area contributed by atoms with Crippen LogP contribution in [0.25, 0.3) is 0 Å². The molecule has 1 aromatic carbocycles. The maximum absolute atomic E-state index is 14.1. The number of carbonyl (C=O) groups is 1. The number of benzene rings is 1. The molecule has 128 valence electrons. The van der Waals surface area contributed by atoms with Gasteiger partial charge >= 0.3 is 0 Å². The van der Waals surface area contributed by atoms with Gasteiger partial charge in [0.15, 0.2) is 11.6 Å². The van der Waals surface area contributed by atoms with E-state index in [-0.39, 0.29) is 17.7 Å². The molecule has 0 radical (unpaired) electrons. The quantitative estimate of drug-likeness (QED) is 0.725. The van der Waals surface area contributed by atoms with Crippen LogP contribution in [0, 0.1) is 11.7 Å². The van der Waals surface area contributed by atoms with Crippen LogP contribution in [0.5, 0.6) is 5.75 Å². The number of carbonyl (C=O) groups excluding carboxylic acids is 1. The molecule has 0 aromatic heterocycles. The summed E-state index contributed by atoms with van der Waals surface area (Å²) in [4.78, 5) is 12.0. The molecular weight excluding hydrogens is 315 g/mol. The predicted octanol–water partition coefficient (Wildman–Crippen LogP) is 2.87. The van der Waals surface area contributed by atoms with Crippen LogP contribution in [0.4, 0.5) is 4.39 Å². The van der Waals surface area contributed by atoms with E-state index in [1.54, 1.807) is 23.9 Å². The van der Waals surface area contributed by atoms with E-state index in [1.165, 1.54) is 18.9 Å². The van der Waals surface area contributed by atoms with E-state index in [2.05, 4.69) is 5.32 Å². The summed E-state index contributed by atoms with van der Waals surface area (Å²) in [5.41, 5.74) is 6.54. The molecule has 4 nitrogen and oxygen atoms in total. The van der Waals surface area contributed by atoms with Crippen molar-refractivity contribution in [2.75, 3.05) is 18.6 Å². The number of nitrogens with two attached hydrogens (primary N) is 1. The lowest BCUT2D eigenvalue weighted by Crippen LogP contribution is -2.41. The number of thioether (sulfide) groups is 1. The highest BCUT2D eigenvalue weighted by atomic mass is 32.2. The molecule has 6 heteroatoms. The first-order chi connectivity index (χ1) is 11.0. The van der Waals surface area contributed by atoms with Gasteiger partial charge in [0.05, 0.1) is 18.7 Å².